The number of rotatable bonds is 7. The normalized spacial score (nSPS) is 53.2. The molecule has 0 bridgehead atoms. The molecule has 234 valence electrons. The zero-order chi connectivity index (χ0) is 30.1. The Morgan fingerprint density at radius 2 is 1.50 bits per heavy atom. The summed E-state index contributed by atoms with van der Waals surface area (Å²) in [7, 11) is 0. The molecule has 17 atom stereocenters. The summed E-state index contributed by atoms with van der Waals surface area (Å²) in [6.07, 6.45) is 7.05. The van der Waals surface area contributed by atoms with E-state index < -0.39 is 12.2 Å². The number of hydrogen-bond acceptors (Lipinski definition) is 3. The lowest BCUT2D eigenvalue weighted by molar-refractivity contribution is -0.273. The highest BCUT2D eigenvalue weighted by Gasteiger charge is 2.70. The Bertz CT molecular complexity index is 869. The van der Waals surface area contributed by atoms with E-state index in [0.29, 0.717) is 41.4 Å². The maximum Gasteiger partial charge on any atom is 0.0609 e. The predicted octanol–water partition coefficient (Wildman–Crippen LogP) is 8.45. The minimum Gasteiger partial charge on any atom is -0.393 e. The fraction of sp³-hybridized carbons (Fsp3) is 1.00. The Morgan fingerprint density at radius 3 is 2.05 bits per heavy atom. The highest BCUT2D eigenvalue weighted by molar-refractivity contribution is 5.18. The second-order valence-electron chi connectivity index (χ2n) is 17.7. The van der Waals surface area contributed by atoms with Crippen molar-refractivity contribution in [3.8, 4) is 0 Å². The van der Waals surface area contributed by atoms with E-state index in [2.05, 4.69) is 76.2 Å². The van der Waals surface area contributed by atoms with Gasteiger partial charge in [-0.1, -0.05) is 82.6 Å². The molecule has 40 heavy (non-hydrogen) atoms. The van der Waals surface area contributed by atoms with Crippen molar-refractivity contribution < 1.29 is 15.3 Å². The number of aliphatic hydroxyl groups excluding tert-OH is 3. The van der Waals surface area contributed by atoms with Gasteiger partial charge >= 0.3 is 0 Å². The first-order valence-electron chi connectivity index (χ1n) is 17.5. The Morgan fingerprint density at radius 1 is 0.875 bits per heavy atom. The summed E-state index contributed by atoms with van der Waals surface area (Å²) in [5.41, 5.74) is 0.0380. The fourth-order valence-corrected chi connectivity index (χ4v) is 12.9. The molecule has 0 amide bonds. The summed E-state index contributed by atoms with van der Waals surface area (Å²) >= 11 is 0. The third-order valence-corrected chi connectivity index (χ3v) is 15.1. The van der Waals surface area contributed by atoms with Crippen LogP contribution in [0, 0.1) is 87.3 Å². The summed E-state index contributed by atoms with van der Waals surface area (Å²) in [5.74, 6) is 5.80. The Balaban J connectivity index is 1.70. The summed E-state index contributed by atoms with van der Waals surface area (Å²) in [6, 6.07) is 0. The second kappa shape index (κ2) is 11.4. The van der Waals surface area contributed by atoms with Crippen LogP contribution in [0.5, 0.6) is 0 Å². The van der Waals surface area contributed by atoms with Crippen molar-refractivity contribution in [3.05, 3.63) is 0 Å². The van der Waals surface area contributed by atoms with Gasteiger partial charge in [0.05, 0.1) is 18.3 Å². The molecule has 3 heteroatoms. The number of hydrogen-bond donors (Lipinski definition) is 3. The largest absolute Gasteiger partial charge is 0.393 e. The van der Waals surface area contributed by atoms with Gasteiger partial charge in [0.15, 0.2) is 0 Å². The van der Waals surface area contributed by atoms with Crippen molar-refractivity contribution in [3.63, 3.8) is 0 Å². The van der Waals surface area contributed by atoms with Crippen LogP contribution in [0.2, 0.25) is 0 Å². The summed E-state index contributed by atoms with van der Waals surface area (Å²) in [5, 5.41) is 34.7. The van der Waals surface area contributed by atoms with E-state index in [9.17, 15) is 15.3 Å². The molecule has 4 rings (SSSR count). The van der Waals surface area contributed by atoms with Crippen molar-refractivity contribution >= 4 is 0 Å². The molecular weight excluding hydrogens is 492 g/mol. The van der Waals surface area contributed by atoms with Crippen molar-refractivity contribution in [2.45, 2.75) is 146 Å². The molecule has 4 aliphatic carbocycles. The molecule has 3 nitrogen and oxygen atoms in total. The Labute approximate surface area is 248 Å². The van der Waals surface area contributed by atoms with Gasteiger partial charge in [-0.25, -0.2) is 0 Å². The molecule has 0 aromatic carbocycles. The third kappa shape index (κ3) is 5.06. The Kier molecular flexibility index (Phi) is 9.36. The van der Waals surface area contributed by atoms with E-state index in [1.165, 1.54) is 32.1 Å². The molecule has 0 aliphatic heterocycles. The predicted molar refractivity (Wildman–Crippen MR) is 168 cm³/mol. The molecule has 0 heterocycles. The minimum absolute atomic E-state index is 0.00397. The molecule has 0 aromatic rings. The molecule has 0 saturated heterocycles. The molecular formula is C37H68O3. The van der Waals surface area contributed by atoms with Gasteiger partial charge in [0.1, 0.15) is 0 Å². The van der Waals surface area contributed by atoms with Crippen molar-refractivity contribution in [1.29, 1.82) is 0 Å². The number of fused-ring (bicyclic) bond motifs is 3. The van der Waals surface area contributed by atoms with Gasteiger partial charge in [0.2, 0.25) is 0 Å². The lowest BCUT2D eigenvalue weighted by Crippen LogP contribution is -2.69. The summed E-state index contributed by atoms with van der Waals surface area (Å²) in [4.78, 5) is 0. The van der Waals surface area contributed by atoms with Gasteiger partial charge in [-0.3, -0.25) is 0 Å². The van der Waals surface area contributed by atoms with Crippen LogP contribution >= 0.6 is 0 Å². The molecule has 4 aliphatic rings. The molecule has 0 spiro atoms. The monoisotopic (exact) mass is 561 g/mol. The number of aliphatic hydroxyl groups is 3. The van der Waals surface area contributed by atoms with E-state index in [-0.39, 0.29) is 40.1 Å². The topological polar surface area (TPSA) is 60.7 Å². The van der Waals surface area contributed by atoms with Gasteiger partial charge in [0, 0.05) is 5.92 Å². The summed E-state index contributed by atoms with van der Waals surface area (Å²) in [6.45, 7) is 28.6. The van der Waals surface area contributed by atoms with E-state index in [1.54, 1.807) is 0 Å². The van der Waals surface area contributed by atoms with Crippen LogP contribution in [0.3, 0.4) is 0 Å². The quantitative estimate of drug-likeness (QED) is 0.293. The van der Waals surface area contributed by atoms with E-state index in [0.717, 1.165) is 24.7 Å². The van der Waals surface area contributed by atoms with Crippen LogP contribution in [0.15, 0.2) is 0 Å². The smallest absolute Gasteiger partial charge is 0.0609 e. The van der Waals surface area contributed by atoms with Crippen LogP contribution in [-0.4, -0.2) is 33.6 Å². The highest BCUT2D eigenvalue weighted by atomic mass is 16.3. The lowest BCUT2D eigenvalue weighted by atomic mass is 9.33. The summed E-state index contributed by atoms with van der Waals surface area (Å²) < 4.78 is 0. The first-order valence-corrected chi connectivity index (χ1v) is 17.5. The van der Waals surface area contributed by atoms with Crippen molar-refractivity contribution in [2.75, 3.05) is 0 Å². The van der Waals surface area contributed by atoms with Gasteiger partial charge < -0.3 is 15.3 Å². The minimum atomic E-state index is -0.518. The first kappa shape index (κ1) is 32.8. The molecule has 17 unspecified atom stereocenters. The molecule has 4 saturated carbocycles. The molecule has 0 radical (unpaired) electrons. The van der Waals surface area contributed by atoms with Crippen LogP contribution in [0.1, 0.15) is 128 Å². The zero-order valence-electron chi connectivity index (χ0n) is 28.5. The van der Waals surface area contributed by atoms with Gasteiger partial charge in [-0.15, -0.1) is 0 Å². The van der Waals surface area contributed by atoms with E-state index in [1.807, 2.05) is 6.92 Å². The van der Waals surface area contributed by atoms with Crippen LogP contribution in [-0.2, 0) is 0 Å². The lowest BCUT2D eigenvalue weighted by Gasteiger charge is -2.72. The van der Waals surface area contributed by atoms with Crippen LogP contribution in [0.25, 0.3) is 0 Å². The third-order valence-electron chi connectivity index (χ3n) is 15.1. The SMILES string of the molecule is CCC(C)CC(C)CC1CC(C(C)C)C2CC3(C)CC4(C)CC(O)C(C(C)O)C(C)C4(C)C(C)C3C(O)C2C1C. The van der Waals surface area contributed by atoms with Crippen LogP contribution in [0.4, 0.5) is 0 Å². The average molecular weight is 561 g/mol. The molecule has 3 N–H and O–H groups in total. The average Bonchev–Trinajstić information content (AvgIpc) is 2.82. The Hall–Kier alpha value is -0.120. The second-order valence-corrected chi connectivity index (χ2v) is 17.7. The van der Waals surface area contributed by atoms with E-state index in [4.69, 9.17) is 0 Å². The maximum atomic E-state index is 12.6. The van der Waals surface area contributed by atoms with Crippen molar-refractivity contribution in [2.24, 2.45) is 87.3 Å². The molecule has 4 fully saturated rings. The van der Waals surface area contributed by atoms with Gasteiger partial charge in [-0.05, 0) is 127 Å². The van der Waals surface area contributed by atoms with Gasteiger partial charge in [-0.2, -0.15) is 0 Å². The fourth-order valence-electron chi connectivity index (χ4n) is 12.9. The van der Waals surface area contributed by atoms with Crippen molar-refractivity contribution in [1.82, 2.24) is 0 Å². The zero-order valence-corrected chi connectivity index (χ0v) is 28.5. The first-order chi connectivity index (χ1) is 18.4. The van der Waals surface area contributed by atoms with E-state index >= 15 is 0 Å². The van der Waals surface area contributed by atoms with Gasteiger partial charge in [0.25, 0.3) is 0 Å². The highest BCUT2D eigenvalue weighted by Crippen LogP contribution is 2.74. The van der Waals surface area contributed by atoms with Crippen LogP contribution < -0.4 is 0 Å². The molecule has 0 aromatic heterocycles. The standard InChI is InChI=1S/C37H68O3/c1-13-21(4)14-22(5)15-27-16-28(20(2)3)29-17-35(10)19-36(11)18-30(39)32(26(9)38)24(7)37(36,12)25(8)33(35)34(40)31(29)23(27)6/h20-34,38-40H,13-19H2,1-12H3. The maximum absolute atomic E-state index is 12.6.